The van der Waals surface area contributed by atoms with Crippen LogP contribution in [0.5, 0.6) is 0 Å². The van der Waals surface area contributed by atoms with Gasteiger partial charge in [-0.1, -0.05) is 85.0 Å². The first kappa shape index (κ1) is 18.5. The Morgan fingerprint density at radius 2 is 1.48 bits per heavy atom. The number of nitrogens with zero attached hydrogens (tertiary/aromatic N) is 1. The second-order valence-corrected chi connectivity index (χ2v) is 7.00. The molecule has 0 aromatic heterocycles. The zero-order valence-corrected chi connectivity index (χ0v) is 14.8. The average molecular weight is 295 g/mol. The van der Waals surface area contributed by atoms with Crippen molar-refractivity contribution >= 4 is 5.84 Å². The largest absolute Gasteiger partial charge is 0.372 e. The van der Waals surface area contributed by atoms with Crippen LogP contribution >= 0.6 is 0 Å². The van der Waals surface area contributed by atoms with Gasteiger partial charge in [-0.05, 0) is 12.8 Å². The smallest absolute Gasteiger partial charge is 0.102 e. The van der Waals surface area contributed by atoms with E-state index in [4.69, 9.17) is 0 Å². The van der Waals surface area contributed by atoms with Gasteiger partial charge in [0.2, 0.25) is 0 Å². The van der Waals surface area contributed by atoms with E-state index in [9.17, 15) is 0 Å². The van der Waals surface area contributed by atoms with Crippen molar-refractivity contribution < 1.29 is 0 Å². The highest BCUT2D eigenvalue weighted by molar-refractivity contribution is 5.88. The van der Waals surface area contributed by atoms with E-state index in [1.54, 1.807) is 0 Å². The van der Waals surface area contributed by atoms with Gasteiger partial charge in [-0.2, -0.15) is 0 Å². The van der Waals surface area contributed by atoms with E-state index in [1.807, 2.05) is 0 Å². The Bertz CT molecular complexity index is 285. The molecule has 0 bridgehead atoms. The Kier molecular flexibility index (Phi) is 9.78. The van der Waals surface area contributed by atoms with Crippen LogP contribution in [0.1, 0.15) is 97.8 Å². The highest BCUT2D eigenvalue weighted by Gasteiger charge is 2.29. The minimum Gasteiger partial charge on any atom is -0.372 e. The first-order valence-electron chi connectivity index (χ1n) is 9.51. The molecule has 0 aromatic rings. The zero-order valence-electron chi connectivity index (χ0n) is 14.8. The molecule has 1 aliphatic heterocycles. The summed E-state index contributed by atoms with van der Waals surface area (Å²) in [5, 5.41) is 3.48. The number of aliphatic imine (C=N–C) groups is 1. The van der Waals surface area contributed by atoms with E-state index >= 15 is 0 Å². The van der Waals surface area contributed by atoms with E-state index in [1.165, 1.54) is 82.9 Å². The van der Waals surface area contributed by atoms with Crippen molar-refractivity contribution in [3.8, 4) is 0 Å². The van der Waals surface area contributed by atoms with Crippen LogP contribution in [0.4, 0.5) is 0 Å². The van der Waals surface area contributed by atoms with Crippen LogP contribution in [0.2, 0.25) is 0 Å². The van der Waals surface area contributed by atoms with Crippen LogP contribution < -0.4 is 5.32 Å². The molecule has 0 fully saturated rings. The van der Waals surface area contributed by atoms with Crippen molar-refractivity contribution in [3.63, 3.8) is 0 Å². The van der Waals surface area contributed by atoms with Gasteiger partial charge in [0.15, 0.2) is 0 Å². The Balaban J connectivity index is 2.00. The van der Waals surface area contributed by atoms with Crippen LogP contribution in [0.3, 0.4) is 0 Å². The Labute approximate surface area is 133 Å². The van der Waals surface area contributed by atoms with Crippen LogP contribution in [0.25, 0.3) is 0 Å². The fourth-order valence-corrected chi connectivity index (χ4v) is 3.27. The number of rotatable bonds is 13. The third kappa shape index (κ3) is 7.33. The molecule has 1 atom stereocenters. The minimum absolute atomic E-state index is 0.302. The average Bonchev–Trinajstić information content (AvgIpc) is 3.04. The lowest BCUT2D eigenvalue weighted by atomic mass is 9.80. The molecule has 1 unspecified atom stereocenters. The number of hydrogen-bond donors (Lipinski definition) is 1. The maximum absolute atomic E-state index is 4.65. The topological polar surface area (TPSA) is 24.4 Å². The molecule has 1 N–H and O–H groups in total. The molecule has 124 valence electrons. The molecule has 0 saturated carbocycles. The standard InChI is InChI=1S/C19H38N2/c1-4-6-7-8-9-10-11-12-13-14-15-19(3,5-2)18-20-16-17-21-18/h4-17H2,1-3H3,(H,20,21). The van der Waals surface area contributed by atoms with Gasteiger partial charge in [-0.3, -0.25) is 4.99 Å². The summed E-state index contributed by atoms with van der Waals surface area (Å²) in [6.07, 6.45) is 16.7. The fourth-order valence-electron chi connectivity index (χ4n) is 3.27. The SMILES string of the molecule is CCCCCCCCCCCCC(C)(CC)C1=NCCN1. The zero-order chi connectivity index (χ0) is 15.4. The lowest BCUT2D eigenvalue weighted by molar-refractivity contribution is 0.380. The van der Waals surface area contributed by atoms with E-state index in [-0.39, 0.29) is 0 Å². The van der Waals surface area contributed by atoms with Gasteiger partial charge in [0.1, 0.15) is 5.84 Å². The molecule has 0 amide bonds. The van der Waals surface area contributed by atoms with Crippen LogP contribution in [0.15, 0.2) is 4.99 Å². The molecule has 0 radical (unpaired) electrons. The fraction of sp³-hybridized carbons (Fsp3) is 0.947. The summed E-state index contributed by atoms with van der Waals surface area (Å²) >= 11 is 0. The molecule has 1 aliphatic rings. The normalized spacial score (nSPS) is 17.4. The number of nitrogens with one attached hydrogen (secondary N) is 1. The maximum atomic E-state index is 4.65. The van der Waals surface area contributed by atoms with Crippen molar-refractivity contribution in [2.75, 3.05) is 13.1 Å². The molecule has 2 heteroatoms. The van der Waals surface area contributed by atoms with Gasteiger partial charge in [-0.25, -0.2) is 0 Å². The van der Waals surface area contributed by atoms with Gasteiger partial charge in [0.25, 0.3) is 0 Å². The van der Waals surface area contributed by atoms with E-state index in [0.29, 0.717) is 5.41 Å². The second kappa shape index (κ2) is 11.1. The Hall–Kier alpha value is -0.530. The van der Waals surface area contributed by atoms with Crippen molar-refractivity contribution in [3.05, 3.63) is 0 Å². The number of unbranched alkanes of at least 4 members (excludes halogenated alkanes) is 9. The minimum atomic E-state index is 0.302. The molecule has 2 nitrogen and oxygen atoms in total. The number of amidine groups is 1. The summed E-state index contributed by atoms with van der Waals surface area (Å²) < 4.78 is 0. The number of hydrogen-bond acceptors (Lipinski definition) is 2. The Morgan fingerprint density at radius 1 is 0.905 bits per heavy atom. The van der Waals surface area contributed by atoms with E-state index in [0.717, 1.165) is 13.1 Å². The Morgan fingerprint density at radius 3 is 1.95 bits per heavy atom. The second-order valence-electron chi connectivity index (χ2n) is 7.00. The predicted octanol–water partition coefficient (Wildman–Crippen LogP) is 5.72. The van der Waals surface area contributed by atoms with E-state index < -0.39 is 0 Å². The molecule has 0 spiro atoms. The van der Waals surface area contributed by atoms with Crippen molar-refractivity contribution in [1.82, 2.24) is 5.32 Å². The van der Waals surface area contributed by atoms with Crippen LogP contribution in [0, 0.1) is 5.41 Å². The third-order valence-corrected chi connectivity index (χ3v) is 5.11. The molecule has 21 heavy (non-hydrogen) atoms. The van der Waals surface area contributed by atoms with Gasteiger partial charge in [-0.15, -0.1) is 0 Å². The highest BCUT2D eigenvalue weighted by Crippen LogP contribution is 2.30. The molecule has 1 heterocycles. The molecule has 0 aliphatic carbocycles. The molecule has 0 saturated heterocycles. The molecular weight excluding hydrogens is 256 g/mol. The lowest BCUT2D eigenvalue weighted by Gasteiger charge is -2.28. The van der Waals surface area contributed by atoms with E-state index in [2.05, 4.69) is 31.1 Å². The summed E-state index contributed by atoms with van der Waals surface area (Å²) in [5.74, 6) is 1.28. The van der Waals surface area contributed by atoms with Gasteiger partial charge < -0.3 is 5.32 Å². The summed E-state index contributed by atoms with van der Waals surface area (Å²) in [7, 11) is 0. The van der Waals surface area contributed by atoms with Gasteiger partial charge in [0, 0.05) is 12.0 Å². The first-order valence-corrected chi connectivity index (χ1v) is 9.51. The van der Waals surface area contributed by atoms with Crippen LogP contribution in [-0.4, -0.2) is 18.9 Å². The first-order chi connectivity index (χ1) is 10.2. The summed E-state index contributed by atoms with van der Waals surface area (Å²) in [6.45, 7) is 9.00. The maximum Gasteiger partial charge on any atom is 0.102 e. The lowest BCUT2D eigenvalue weighted by Crippen LogP contribution is -2.35. The molecule has 0 aromatic carbocycles. The summed E-state index contributed by atoms with van der Waals surface area (Å²) in [4.78, 5) is 4.65. The van der Waals surface area contributed by atoms with Crippen LogP contribution in [-0.2, 0) is 0 Å². The van der Waals surface area contributed by atoms with Crippen molar-refractivity contribution in [1.29, 1.82) is 0 Å². The third-order valence-electron chi connectivity index (χ3n) is 5.11. The predicted molar refractivity (Wildman–Crippen MR) is 95.2 cm³/mol. The van der Waals surface area contributed by atoms with Crippen molar-refractivity contribution in [2.24, 2.45) is 10.4 Å². The van der Waals surface area contributed by atoms with Crippen molar-refractivity contribution in [2.45, 2.75) is 97.8 Å². The summed E-state index contributed by atoms with van der Waals surface area (Å²) in [6, 6.07) is 0. The van der Waals surface area contributed by atoms with Gasteiger partial charge in [0.05, 0.1) is 6.54 Å². The van der Waals surface area contributed by atoms with Gasteiger partial charge >= 0.3 is 0 Å². The molecular formula is C19H38N2. The molecule has 1 rings (SSSR count). The summed E-state index contributed by atoms with van der Waals surface area (Å²) in [5.41, 5.74) is 0.302. The highest BCUT2D eigenvalue weighted by atomic mass is 15.1. The monoisotopic (exact) mass is 294 g/mol. The quantitative estimate of drug-likeness (QED) is 0.432.